The highest BCUT2D eigenvalue weighted by molar-refractivity contribution is 7.14. The molecular weight excluding hydrogens is 350 g/mol. The summed E-state index contributed by atoms with van der Waals surface area (Å²) >= 11 is 1.50. The molecule has 26 heavy (non-hydrogen) atoms. The van der Waals surface area contributed by atoms with Crippen LogP contribution < -0.4 is 5.32 Å². The Morgan fingerprint density at radius 3 is 2.88 bits per heavy atom. The monoisotopic (exact) mass is 373 g/mol. The second-order valence-electron chi connectivity index (χ2n) is 6.17. The molecule has 1 N–H and O–H groups in total. The summed E-state index contributed by atoms with van der Waals surface area (Å²) in [6.45, 7) is 3.88. The Labute approximate surface area is 157 Å². The van der Waals surface area contributed by atoms with Gasteiger partial charge in [0.2, 0.25) is 0 Å². The predicted octanol–water partition coefficient (Wildman–Crippen LogP) is 2.77. The van der Waals surface area contributed by atoms with Gasteiger partial charge in [0.25, 0.3) is 5.91 Å². The average molecular weight is 373 g/mol. The molecule has 3 heterocycles. The molecule has 0 aromatic carbocycles. The topological polar surface area (TPSA) is 71.5 Å². The Balaban J connectivity index is 1.59. The van der Waals surface area contributed by atoms with Gasteiger partial charge in [-0.15, -0.1) is 11.3 Å². The van der Waals surface area contributed by atoms with E-state index in [0.29, 0.717) is 24.6 Å². The molecule has 0 spiro atoms. The van der Waals surface area contributed by atoms with Gasteiger partial charge in [0, 0.05) is 29.9 Å². The van der Waals surface area contributed by atoms with Gasteiger partial charge >= 0.3 is 5.97 Å². The summed E-state index contributed by atoms with van der Waals surface area (Å²) in [7, 11) is 0. The molecule has 0 saturated carbocycles. The summed E-state index contributed by atoms with van der Waals surface area (Å²) in [5, 5.41) is 2.94. The van der Waals surface area contributed by atoms with Crippen LogP contribution in [0.25, 0.3) is 0 Å². The fourth-order valence-corrected chi connectivity index (χ4v) is 4.23. The maximum absolute atomic E-state index is 12.4. The van der Waals surface area contributed by atoms with E-state index in [1.54, 1.807) is 12.4 Å². The number of thiophene rings is 1. The van der Waals surface area contributed by atoms with Crippen molar-refractivity contribution in [1.82, 2.24) is 15.2 Å². The van der Waals surface area contributed by atoms with Crippen molar-refractivity contribution in [3.63, 3.8) is 0 Å². The van der Waals surface area contributed by atoms with Crippen LogP contribution >= 0.6 is 11.3 Å². The molecule has 0 aliphatic carbocycles. The molecule has 1 atom stereocenters. The van der Waals surface area contributed by atoms with Crippen molar-refractivity contribution in [2.75, 3.05) is 19.7 Å². The molecular formula is C19H23N3O3S. The summed E-state index contributed by atoms with van der Waals surface area (Å²) in [5.41, 5.74) is 1.02. The maximum Gasteiger partial charge on any atom is 0.320 e. The first-order valence-corrected chi connectivity index (χ1v) is 9.65. The number of nitrogens with one attached hydrogen (secondary N) is 1. The third kappa shape index (κ3) is 4.68. The number of carbonyl (C=O) groups excluding carboxylic acids is 2. The van der Waals surface area contributed by atoms with E-state index in [1.165, 1.54) is 11.3 Å². The van der Waals surface area contributed by atoms with E-state index in [9.17, 15) is 9.59 Å². The highest BCUT2D eigenvalue weighted by atomic mass is 32.1. The lowest BCUT2D eigenvalue weighted by molar-refractivity contribution is -0.144. The number of likely N-dealkylation sites (tertiary alicyclic amines) is 1. The Kier molecular flexibility index (Phi) is 6.35. The van der Waals surface area contributed by atoms with Crippen LogP contribution in [-0.2, 0) is 16.1 Å². The molecule has 138 valence electrons. The Hall–Kier alpha value is -2.25. The molecule has 2 aromatic rings. The molecule has 0 bridgehead atoms. The summed E-state index contributed by atoms with van der Waals surface area (Å²) in [6, 6.07) is 7.81. The lowest BCUT2D eigenvalue weighted by Gasteiger charge is -2.22. The van der Waals surface area contributed by atoms with Crippen LogP contribution in [0.1, 0.15) is 45.9 Å². The quantitative estimate of drug-likeness (QED) is 0.756. The van der Waals surface area contributed by atoms with Crippen LogP contribution in [-0.4, -0.2) is 41.5 Å². The molecule has 3 rings (SSSR count). The van der Waals surface area contributed by atoms with E-state index in [0.717, 1.165) is 29.8 Å². The van der Waals surface area contributed by atoms with Gasteiger partial charge in [-0.25, -0.2) is 0 Å². The molecule has 2 aromatic heterocycles. The van der Waals surface area contributed by atoms with Crippen molar-refractivity contribution < 1.29 is 14.3 Å². The summed E-state index contributed by atoms with van der Waals surface area (Å²) in [5.74, 6) is -0.265. The largest absolute Gasteiger partial charge is 0.465 e. The zero-order chi connectivity index (χ0) is 18.4. The lowest BCUT2D eigenvalue weighted by atomic mass is 10.2. The zero-order valence-corrected chi connectivity index (χ0v) is 15.6. The smallest absolute Gasteiger partial charge is 0.320 e. The fourth-order valence-electron chi connectivity index (χ4n) is 3.13. The SMILES string of the molecule is CCOC(=O)CN1CCC[C@H]1c1ccc(C(=O)NCc2ccncc2)s1. The number of rotatable bonds is 7. The number of pyridine rings is 1. The van der Waals surface area contributed by atoms with Crippen LogP contribution in [0.4, 0.5) is 0 Å². The van der Waals surface area contributed by atoms with Gasteiger partial charge in [0.15, 0.2) is 0 Å². The molecule has 1 fully saturated rings. The first-order chi connectivity index (χ1) is 12.7. The second-order valence-corrected chi connectivity index (χ2v) is 7.29. The number of hydrogen-bond acceptors (Lipinski definition) is 6. The van der Waals surface area contributed by atoms with Gasteiger partial charge in [-0.1, -0.05) is 0 Å². The lowest BCUT2D eigenvalue weighted by Crippen LogP contribution is -2.30. The summed E-state index contributed by atoms with van der Waals surface area (Å²) in [6.07, 6.45) is 5.47. The number of ether oxygens (including phenoxy) is 1. The third-order valence-electron chi connectivity index (χ3n) is 4.38. The minimum absolute atomic E-state index is 0.0759. The van der Waals surface area contributed by atoms with Crippen molar-refractivity contribution in [3.05, 3.63) is 52.0 Å². The van der Waals surface area contributed by atoms with Crippen LogP contribution in [0.15, 0.2) is 36.7 Å². The van der Waals surface area contributed by atoms with E-state index < -0.39 is 0 Å². The number of aromatic nitrogens is 1. The van der Waals surface area contributed by atoms with Crippen LogP contribution in [0, 0.1) is 0 Å². The maximum atomic E-state index is 12.4. The highest BCUT2D eigenvalue weighted by Gasteiger charge is 2.29. The summed E-state index contributed by atoms with van der Waals surface area (Å²) in [4.78, 5) is 32.1. The van der Waals surface area contributed by atoms with Crippen LogP contribution in [0.3, 0.4) is 0 Å². The van der Waals surface area contributed by atoms with Gasteiger partial charge < -0.3 is 10.1 Å². The molecule has 1 amide bonds. The first kappa shape index (κ1) is 18.5. The van der Waals surface area contributed by atoms with Crippen molar-refractivity contribution in [1.29, 1.82) is 0 Å². The minimum atomic E-state index is -0.189. The van der Waals surface area contributed by atoms with E-state index in [1.807, 2.05) is 31.2 Å². The van der Waals surface area contributed by atoms with Crippen molar-refractivity contribution >= 4 is 23.2 Å². The van der Waals surface area contributed by atoms with E-state index >= 15 is 0 Å². The molecule has 7 heteroatoms. The number of nitrogens with zero attached hydrogens (tertiary/aromatic N) is 2. The highest BCUT2D eigenvalue weighted by Crippen LogP contribution is 2.35. The van der Waals surface area contributed by atoms with Gasteiger partial charge in [0.05, 0.1) is 18.0 Å². The van der Waals surface area contributed by atoms with Gasteiger partial charge in [-0.3, -0.25) is 19.5 Å². The van der Waals surface area contributed by atoms with E-state index in [4.69, 9.17) is 4.74 Å². The second kappa shape index (κ2) is 8.91. The summed E-state index contributed by atoms with van der Waals surface area (Å²) < 4.78 is 5.06. The fraction of sp³-hybridized carbons (Fsp3) is 0.421. The van der Waals surface area contributed by atoms with E-state index in [-0.39, 0.29) is 17.9 Å². The third-order valence-corrected chi connectivity index (χ3v) is 5.57. The van der Waals surface area contributed by atoms with Gasteiger partial charge in [0.1, 0.15) is 0 Å². The van der Waals surface area contributed by atoms with E-state index in [2.05, 4.69) is 15.2 Å². The molecule has 1 saturated heterocycles. The Morgan fingerprint density at radius 1 is 1.31 bits per heavy atom. The van der Waals surface area contributed by atoms with Crippen molar-refractivity contribution in [3.8, 4) is 0 Å². The molecule has 6 nitrogen and oxygen atoms in total. The average Bonchev–Trinajstić information content (AvgIpc) is 3.30. The van der Waals surface area contributed by atoms with Gasteiger partial charge in [-0.2, -0.15) is 0 Å². The van der Waals surface area contributed by atoms with Gasteiger partial charge in [-0.05, 0) is 56.1 Å². The molecule has 1 aliphatic heterocycles. The van der Waals surface area contributed by atoms with Crippen molar-refractivity contribution in [2.24, 2.45) is 0 Å². The van der Waals surface area contributed by atoms with Crippen molar-refractivity contribution in [2.45, 2.75) is 32.4 Å². The van der Waals surface area contributed by atoms with Crippen LogP contribution in [0.5, 0.6) is 0 Å². The number of amides is 1. The number of esters is 1. The molecule has 1 aliphatic rings. The molecule has 0 unspecified atom stereocenters. The Bertz CT molecular complexity index is 747. The minimum Gasteiger partial charge on any atom is -0.465 e. The standard InChI is InChI=1S/C19H23N3O3S/c1-2-25-18(23)13-22-11-3-4-15(22)16-5-6-17(26-16)19(24)21-12-14-7-9-20-10-8-14/h5-10,15H,2-4,11-13H2,1H3,(H,21,24)/t15-/m0/s1. The number of hydrogen-bond donors (Lipinski definition) is 1. The van der Waals surface area contributed by atoms with Crippen LogP contribution in [0.2, 0.25) is 0 Å². The normalized spacial score (nSPS) is 17.2. The number of carbonyl (C=O) groups is 2. The Morgan fingerprint density at radius 2 is 2.12 bits per heavy atom. The zero-order valence-electron chi connectivity index (χ0n) is 14.8. The molecule has 0 radical (unpaired) electrons. The first-order valence-electron chi connectivity index (χ1n) is 8.84. The predicted molar refractivity (Wildman–Crippen MR) is 99.9 cm³/mol.